The van der Waals surface area contributed by atoms with E-state index < -0.39 is 16.6 Å². The molecule has 0 aliphatic heterocycles. The number of azo groups is 1. The molecule has 0 fully saturated rings. The van der Waals surface area contributed by atoms with Crippen molar-refractivity contribution in [3.05, 3.63) is 0 Å². The van der Waals surface area contributed by atoms with Gasteiger partial charge in [0.1, 0.15) is 5.54 Å². The normalized spacial score (nSPS) is 18.7. The second kappa shape index (κ2) is 9.06. The van der Waals surface area contributed by atoms with Crippen LogP contribution in [-0.2, 0) is 0 Å². The predicted molar refractivity (Wildman–Crippen MR) is 82.0 cm³/mol. The quantitative estimate of drug-likeness (QED) is 0.779. The summed E-state index contributed by atoms with van der Waals surface area (Å²) < 4.78 is 0. The van der Waals surface area contributed by atoms with Crippen LogP contribution in [0, 0.1) is 34.0 Å². The first kappa shape index (κ1) is 21.3. The molecule has 0 heterocycles. The Balaban J connectivity index is 0. The summed E-state index contributed by atoms with van der Waals surface area (Å²) in [5.41, 5.74) is 3.15. The van der Waals surface area contributed by atoms with Crippen molar-refractivity contribution in [1.29, 1.82) is 15.8 Å². The lowest BCUT2D eigenvalue weighted by molar-refractivity contribution is 0.473. The zero-order valence-corrected chi connectivity index (χ0v) is 13.9. The summed E-state index contributed by atoms with van der Waals surface area (Å²) in [5.74, 6) is 0. The van der Waals surface area contributed by atoms with Crippen molar-refractivity contribution in [3.63, 3.8) is 0 Å². The molecule has 0 rings (SSSR count). The highest BCUT2D eigenvalue weighted by Gasteiger charge is 2.25. The molecule has 3 atom stereocenters. The van der Waals surface area contributed by atoms with Gasteiger partial charge in [-0.15, -0.1) is 0 Å². The van der Waals surface area contributed by atoms with Crippen molar-refractivity contribution < 1.29 is 0 Å². The van der Waals surface area contributed by atoms with Crippen LogP contribution in [-0.4, -0.2) is 16.6 Å². The SMILES string of the molecule is CCC(C)(C#N)N=NC(C)(C#N)CC.CCC(C)(N)C#N. The van der Waals surface area contributed by atoms with Crippen molar-refractivity contribution in [3.8, 4) is 18.2 Å². The van der Waals surface area contributed by atoms with E-state index in [-0.39, 0.29) is 0 Å². The van der Waals surface area contributed by atoms with Gasteiger partial charge in [-0.3, -0.25) is 0 Å². The number of nitrogens with zero attached hydrogens (tertiary/aromatic N) is 5. The lowest BCUT2D eigenvalue weighted by Gasteiger charge is -2.16. The molecule has 3 unspecified atom stereocenters. The number of hydrogen-bond donors (Lipinski definition) is 1. The van der Waals surface area contributed by atoms with Crippen molar-refractivity contribution in [1.82, 2.24) is 0 Å². The molecule has 0 aromatic carbocycles. The van der Waals surface area contributed by atoms with Crippen molar-refractivity contribution in [2.45, 2.75) is 77.4 Å². The van der Waals surface area contributed by atoms with Crippen LogP contribution >= 0.6 is 0 Å². The third kappa shape index (κ3) is 8.74. The fourth-order valence-electron chi connectivity index (χ4n) is 0.644. The molecule has 0 bridgehead atoms. The number of nitrogens with two attached hydrogens (primary N) is 1. The number of rotatable bonds is 5. The van der Waals surface area contributed by atoms with Crippen molar-refractivity contribution in [2.24, 2.45) is 16.0 Å². The molecule has 21 heavy (non-hydrogen) atoms. The Kier molecular flexibility index (Phi) is 9.20. The van der Waals surface area contributed by atoms with Gasteiger partial charge in [0.05, 0.1) is 18.2 Å². The second-order valence-electron chi connectivity index (χ2n) is 5.56. The van der Waals surface area contributed by atoms with Gasteiger partial charge in [-0.1, -0.05) is 20.8 Å². The van der Waals surface area contributed by atoms with Crippen molar-refractivity contribution in [2.75, 3.05) is 0 Å². The highest BCUT2D eigenvalue weighted by atomic mass is 15.2. The van der Waals surface area contributed by atoms with Crippen LogP contribution in [0.15, 0.2) is 10.2 Å². The van der Waals surface area contributed by atoms with Gasteiger partial charge in [0, 0.05) is 0 Å². The highest BCUT2D eigenvalue weighted by Crippen LogP contribution is 2.20. The van der Waals surface area contributed by atoms with Crippen LogP contribution in [0.25, 0.3) is 0 Å². The maximum atomic E-state index is 8.84. The first-order valence-electron chi connectivity index (χ1n) is 7.04. The van der Waals surface area contributed by atoms with Gasteiger partial charge >= 0.3 is 0 Å². The molecular formula is C15H26N6. The Morgan fingerprint density at radius 1 is 0.762 bits per heavy atom. The summed E-state index contributed by atoms with van der Waals surface area (Å²) in [7, 11) is 0. The Hall–Kier alpha value is -1.97. The Labute approximate surface area is 128 Å². The lowest BCUT2D eigenvalue weighted by Crippen LogP contribution is -2.32. The molecule has 0 aromatic heterocycles. The van der Waals surface area contributed by atoms with E-state index in [1.807, 2.05) is 26.8 Å². The van der Waals surface area contributed by atoms with Crippen LogP contribution in [0.1, 0.15) is 60.8 Å². The maximum absolute atomic E-state index is 8.84. The van der Waals surface area contributed by atoms with Gasteiger partial charge in [0.25, 0.3) is 0 Å². The van der Waals surface area contributed by atoms with Crippen LogP contribution < -0.4 is 5.73 Å². The average molecular weight is 290 g/mol. The number of nitriles is 3. The summed E-state index contributed by atoms with van der Waals surface area (Å²) in [6, 6.07) is 6.13. The van der Waals surface area contributed by atoms with Crippen LogP contribution in [0.3, 0.4) is 0 Å². The van der Waals surface area contributed by atoms with E-state index >= 15 is 0 Å². The zero-order valence-electron chi connectivity index (χ0n) is 13.9. The van der Waals surface area contributed by atoms with E-state index in [1.54, 1.807) is 20.8 Å². The van der Waals surface area contributed by atoms with Crippen LogP contribution in [0.2, 0.25) is 0 Å². The summed E-state index contributed by atoms with van der Waals surface area (Å²) in [4.78, 5) is 0. The molecule has 0 radical (unpaired) electrons. The fraction of sp³-hybridized carbons (Fsp3) is 0.800. The first-order valence-corrected chi connectivity index (χ1v) is 7.04. The monoisotopic (exact) mass is 290 g/mol. The van der Waals surface area contributed by atoms with E-state index in [0.717, 1.165) is 0 Å². The van der Waals surface area contributed by atoms with Crippen LogP contribution in [0.4, 0.5) is 0 Å². The van der Waals surface area contributed by atoms with Crippen LogP contribution in [0.5, 0.6) is 0 Å². The molecular weight excluding hydrogens is 264 g/mol. The molecule has 0 spiro atoms. The minimum Gasteiger partial charge on any atom is -0.314 e. The fourth-order valence-corrected chi connectivity index (χ4v) is 0.644. The molecule has 0 aromatic rings. The lowest BCUT2D eigenvalue weighted by atomic mass is 10.0. The largest absolute Gasteiger partial charge is 0.314 e. The van der Waals surface area contributed by atoms with Gasteiger partial charge in [-0.2, -0.15) is 26.0 Å². The minimum atomic E-state index is -0.798. The van der Waals surface area contributed by atoms with Gasteiger partial charge in [0.2, 0.25) is 0 Å². The molecule has 6 heteroatoms. The summed E-state index contributed by atoms with van der Waals surface area (Å²) in [5, 5.41) is 33.8. The third-order valence-electron chi connectivity index (χ3n) is 3.34. The van der Waals surface area contributed by atoms with E-state index in [4.69, 9.17) is 21.5 Å². The maximum Gasteiger partial charge on any atom is 0.164 e. The van der Waals surface area contributed by atoms with Gasteiger partial charge in [-0.25, -0.2) is 0 Å². The Morgan fingerprint density at radius 3 is 1.19 bits per heavy atom. The smallest absolute Gasteiger partial charge is 0.164 e. The molecule has 116 valence electrons. The molecule has 0 aliphatic rings. The first-order chi connectivity index (χ1) is 9.57. The zero-order chi connectivity index (χ0) is 17.2. The summed E-state index contributed by atoms with van der Waals surface area (Å²) >= 11 is 0. The van der Waals surface area contributed by atoms with Gasteiger partial charge < -0.3 is 5.73 Å². The molecule has 0 aliphatic carbocycles. The minimum absolute atomic E-state index is 0.595. The molecule has 2 N–H and O–H groups in total. The molecule has 0 amide bonds. The van der Waals surface area contributed by atoms with E-state index in [0.29, 0.717) is 19.3 Å². The standard InChI is InChI=1S/C10H16N4.C5H10N2/c1-5-9(3,7-11)13-14-10(4,6-2)8-12;1-3-5(2,7)4-6/h5-6H2,1-4H3;3,7H2,1-2H3. The third-order valence-corrected chi connectivity index (χ3v) is 3.34. The predicted octanol–water partition coefficient (Wildman–Crippen LogP) is 3.46. The Bertz CT molecular complexity index is 432. The van der Waals surface area contributed by atoms with E-state index in [2.05, 4.69) is 22.4 Å². The van der Waals surface area contributed by atoms with Gasteiger partial charge in [-0.05, 0) is 40.0 Å². The molecule has 0 saturated carbocycles. The average Bonchev–Trinajstić information content (AvgIpc) is 2.52. The second-order valence-corrected chi connectivity index (χ2v) is 5.56. The molecule has 0 saturated heterocycles. The van der Waals surface area contributed by atoms with Gasteiger partial charge in [0.15, 0.2) is 11.1 Å². The highest BCUT2D eigenvalue weighted by molar-refractivity contribution is 5.06. The van der Waals surface area contributed by atoms with Crippen molar-refractivity contribution >= 4 is 0 Å². The van der Waals surface area contributed by atoms with E-state index in [1.165, 1.54) is 0 Å². The summed E-state index contributed by atoms with van der Waals surface area (Å²) in [6.45, 7) is 10.8. The Morgan fingerprint density at radius 2 is 1.10 bits per heavy atom. The van der Waals surface area contributed by atoms with E-state index in [9.17, 15) is 0 Å². The molecule has 6 nitrogen and oxygen atoms in total. The summed E-state index contributed by atoms with van der Waals surface area (Å²) in [6.07, 6.45) is 1.90. The topological polar surface area (TPSA) is 122 Å². The number of hydrogen-bond acceptors (Lipinski definition) is 6.